The van der Waals surface area contributed by atoms with Gasteiger partial charge in [-0.05, 0) is 12.1 Å². The second-order valence-electron chi connectivity index (χ2n) is 2.38. The van der Waals surface area contributed by atoms with Gasteiger partial charge in [0.15, 0.2) is 0 Å². The Balaban J connectivity index is 2.79. The van der Waals surface area contributed by atoms with Crippen molar-refractivity contribution in [1.82, 2.24) is 0 Å². The van der Waals surface area contributed by atoms with Crippen LogP contribution in [-0.2, 0) is 4.79 Å². The molecule has 0 bridgehead atoms. The fourth-order valence-electron chi connectivity index (χ4n) is 0.793. The first-order valence-electron chi connectivity index (χ1n) is 3.40. The average molecular weight is 166 g/mol. The number of amides is 1. The molecule has 0 saturated carbocycles. The molecule has 1 aromatic rings. The molecule has 0 aliphatic heterocycles. The third kappa shape index (κ3) is 1.54. The van der Waals surface area contributed by atoms with Gasteiger partial charge in [0.2, 0.25) is 5.91 Å². The third-order valence-corrected chi connectivity index (χ3v) is 1.54. The molecule has 1 amide bonds. The summed E-state index contributed by atoms with van der Waals surface area (Å²) in [5.74, 6) is -0.127. The highest BCUT2D eigenvalue weighted by Gasteiger charge is 2.16. The minimum Gasteiger partial charge on any atom is -0.467 e. The van der Waals surface area contributed by atoms with E-state index in [4.69, 9.17) is 15.9 Å². The van der Waals surface area contributed by atoms with Crippen LogP contribution in [0.2, 0.25) is 0 Å². The van der Waals surface area contributed by atoms with Crippen molar-refractivity contribution in [3.05, 3.63) is 36.3 Å². The third-order valence-electron chi connectivity index (χ3n) is 1.54. The molecular weight excluding hydrogens is 156 g/mol. The Labute approximate surface area is 69.8 Å². The SMILES string of the molecule is C=C(C(N)=O)[C@@H](N)c1ccco1. The Kier molecular flexibility index (Phi) is 2.30. The first kappa shape index (κ1) is 8.55. The summed E-state index contributed by atoms with van der Waals surface area (Å²) >= 11 is 0. The predicted octanol–water partition coefficient (Wildman–Crippen LogP) is 0.321. The van der Waals surface area contributed by atoms with Crippen molar-refractivity contribution in [2.45, 2.75) is 6.04 Å². The molecule has 0 fully saturated rings. The Morgan fingerprint density at radius 2 is 2.33 bits per heavy atom. The first-order chi connectivity index (χ1) is 5.63. The van der Waals surface area contributed by atoms with Gasteiger partial charge in [0, 0.05) is 5.57 Å². The highest BCUT2D eigenvalue weighted by Crippen LogP contribution is 2.16. The average Bonchev–Trinajstić information content (AvgIpc) is 2.53. The maximum absolute atomic E-state index is 10.6. The molecular formula is C8H10N2O2. The molecule has 4 heteroatoms. The van der Waals surface area contributed by atoms with Crippen molar-refractivity contribution in [3.8, 4) is 0 Å². The van der Waals surface area contributed by atoms with Gasteiger partial charge < -0.3 is 15.9 Å². The van der Waals surface area contributed by atoms with Crippen LogP contribution in [0.25, 0.3) is 0 Å². The van der Waals surface area contributed by atoms with Crippen LogP contribution < -0.4 is 11.5 Å². The molecule has 0 spiro atoms. The van der Waals surface area contributed by atoms with E-state index in [2.05, 4.69) is 6.58 Å². The number of nitrogens with two attached hydrogens (primary N) is 2. The molecule has 1 rings (SSSR count). The van der Waals surface area contributed by atoms with Crippen molar-refractivity contribution < 1.29 is 9.21 Å². The summed E-state index contributed by atoms with van der Waals surface area (Å²) in [6.45, 7) is 3.45. The van der Waals surface area contributed by atoms with Crippen molar-refractivity contribution in [1.29, 1.82) is 0 Å². The maximum atomic E-state index is 10.6. The van der Waals surface area contributed by atoms with Crippen LogP contribution >= 0.6 is 0 Å². The molecule has 1 atom stereocenters. The molecule has 12 heavy (non-hydrogen) atoms. The normalized spacial score (nSPS) is 12.4. The first-order valence-corrected chi connectivity index (χ1v) is 3.40. The van der Waals surface area contributed by atoms with Crippen LogP contribution in [0.5, 0.6) is 0 Å². The molecule has 0 aliphatic rings. The largest absolute Gasteiger partial charge is 0.467 e. The zero-order chi connectivity index (χ0) is 9.14. The number of primary amides is 1. The summed E-state index contributed by atoms with van der Waals surface area (Å²) in [4.78, 5) is 10.6. The van der Waals surface area contributed by atoms with E-state index in [0.717, 1.165) is 0 Å². The van der Waals surface area contributed by atoms with Crippen molar-refractivity contribution in [3.63, 3.8) is 0 Å². The standard InChI is InChI=1S/C8H10N2O2/c1-5(8(10)11)7(9)6-3-2-4-12-6/h2-4,7H,1,9H2,(H2,10,11)/t7-/m1/s1. The summed E-state index contributed by atoms with van der Waals surface area (Å²) in [6.07, 6.45) is 1.48. The molecule has 0 saturated heterocycles. The zero-order valence-electron chi connectivity index (χ0n) is 6.49. The molecule has 0 radical (unpaired) electrons. The summed E-state index contributed by atoms with van der Waals surface area (Å²) in [5.41, 5.74) is 10.7. The second-order valence-corrected chi connectivity index (χ2v) is 2.38. The minimum atomic E-state index is -0.641. The summed E-state index contributed by atoms with van der Waals surface area (Å²) in [6, 6.07) is 2.71. The van der Waals surface area contributed by atoms with E-state index in [1.54, 1.807) is 12.1 Å². The molecule has 0 aromatic carbocycles. The Morgan fingerprint density at radius 3 is 2.75 bits per heavy atom. The molecule has 4 N–H and O–H groups in total. The molecule has 4 nitrogen and oxygen atoms in total. The lowest BCUT2D eigenvalue weighted by Gasteiger charge is -2.07. The number of carbonyl (C=O) groups is 1. The summed E-state index contributed by atoms with van der Waals surface area (Å²) in [5, 5.41) is 0. The van der Waals surface area contributed by atoms with Gasteiger partial charge in [-0.25, -0.2) is 0 Å². The lowest BCUT2D eigenvalue weighted by molar-refractivity contribution is -0.114. The van der Waals surface area contributed by atoms with E-state index in [-0.39, 0.29) is 5.57 Å². The zero-order valence-corrected chi connectivity index (χ0v) is 6.49. The number of hydrogen-bond acceptors (Lipinski definition) is 3. The van der Waals surface area contributed by atoms with Gasteiger partial charge in [0.1, 0.15) is 5.76 Å². The van der Waals surface area contributed by atoms with Gasteiger partial charge in [-0.1, -0.05) is 6.58 Å². The highest BCUT2D eigenvalue weighted by atomic mass is 16.3. The van der Waals surface area contributed by atoms with E-state index >= 15 is 0 Å². The molecule has 0 unspecified atom stereocenters. The monoisotopic (exact) mass is 166 g/mol. The van der Waals surface area contributed by atoms with E-state index < -0.39 is 11.9 Å². The van der Waals surface area contributed by atoms with Crippen LogP contribution in [0.3, 0.4) is 0 Å². The predicted molar refractivity (Wildman–Crippen MR) is 44.0 cm³/mol. The quantitative estimate of drug-likeness (QED) is 0.634. The topological polar surface area (TPSA) is 82.2 Å². The molecule has 1 aromatic heterocycles. The molecule has 0 aliphatic carbocycles. The number of furan rings is 1. The van der Waals surface area contributed by atoms with Gasteiger partial charge in [0.25, 0.3) is 0 Å². The number of carbonyl (C=O) groups excluding carboxylic acids is 1. The van der Waals surface area contributed by atoms with E-state index in [0.29, 0.717) is 5.76 Å². The lowest BCUT2D eigenvalue weighted by atomic mass is 10.1. The molecule has 1 heterocycles. The Hall–Kier alpha value is -1.55. The van der Waals surface area contributed by atoms with Crippen molar-refractivity contribution in [2.75, 3.05) is 0 Å². The minimum absolute atomic E-state index is 0.143. The van der Waals surface area contributed by atoms with Crippen LogP contribution in [0.15, 0.2) is 35.0 Å². The maximum Gasteiger partial charge on any atom is 0.246 e. The summed E-state index contributed by atoms with van der Waals surface area (Å²) in [7, 11) is 0. The Bertz CT molecular complexity index is 290. The number of rotatable bonds is 3. The van der Waals surface area contributed by atoms with Gasteiger partial charge in [0.05, 0.1) is 12.3 Å². The van der Waals surface area contributed by atoms with Gasteiger partial charge >= 0.3 is 0 Å². The van der Waals surface area contributed by atoms with E-state index in [1.807, 2.05) is 0 Å². The molecule has 64 valence electrons. The van der Waals surface area contributed by atoms with E-state index in [9.17, 15) is 4.79 Å². The summed E-state index contributed by atoms with van der Waals surface area (Å²) < 4.78 is 4.97. The van der Waals surface area contributed by atoms with Crippen LogP contribution in [0.4, 0.5) is 0 Å². The fourth-order valence-corrected chi connectivity index (χ4v) is 0.793. The fraction of sp³-hybridized carbons (Fsp3) is 0.125. The van der Waals surface area contributed by atoms with Crippen LogP contribution in [0.1, 0.15) is 11.8 Å². The van der Waals surface area contributed by atoms with Gasteiger partial charge in [-0.2, -0.15) is 0 Å². The van der Waals surface area contributed by atoms with Crippen molar-refractivity contribution in [2.24, 2.45) is 11.5 Å². The smallest absolute Gasteiger partial charge is 0.246 e. The lowest BCUT2D eigenvalue weighted by Crippen LogP contribution is -2.23. The number of hydrogen-bond donors (Lipinski definition) is 2. The van der Waals surface area contributed by atoms with Crippen molar-refractivity contribution >= 4 is 5.91 Å². The second kappa shape index (κ2) is 3.23. The van der Waals surface area contributed by atoms with Gasteiger partial charge in [-0.3, -0.25) is 4.79 Å². The van der Waals surface area contributed by atoms with Crippen LogP contribution in [0, 0.1) is 0 Å². The van der Waals surface area contributed by atoms with Gasteiger partial charge in [-0.15, -0.1) is 0 Å². The van der Waals surface area contributed by atoms with Crippen LogP contribution in [-0.4, -0.2) is 5.91 Å². The van der Waals surface area contributed by atoms with E-state index in [1.165, 1.54) is 6.26 Å². The highest BCUT2D eigenvalue weighted by molar-refractivity contribution is 5.92. The Morgan fingerprint density at radius 1 is 1.67 bits per heavy atom.